The Morgan fingerprint density at radius 1 is 1.00 bits per heavy atom. The van der Waals surface area contributed by atoms with E-state index in [0.717, 1.165) is 23.1 Å². The first-order chi connectivity index (χ1) is 13.0. The van der Waals surface area contributed by atoms with Crippen molar-refractivity contribution in [1.29, 1.82) is 0 Å². The first-order valence-electron chi connectivity index (χ1n) is 8.30. The molecule has 7 heteroatoms. The molecule has 0 aromatic heterocycles. The third-order valence-corrected chi connectivity index (χ3v) is 4.57. The van der Waals surface area contributed by atoms with Crippen molar-refractivity contribution in [3.05, 3.63) is 58.5 Å². The highest BCUT2D eigenvalue weighted by Gasteiger charge is 2.25. The van der Waals surface area contributed by atoms with Crippen LogP contribution in [0.5, 0.6) is 17.2 Å². The second-order valence-electron chi connectivity index (χ2n) is 5.77. The molecule has 0 bridgehead atoms. The molecular formula is C20H19NO5S. The van der Waals surface area contributed by atoms with E-state index < -0.39 is 5.91 Å². The van der Waals surface area contributed by atoms with Crippen LogP contribution < -0.4 is 19.5 Å². The molecule has 0 unspecified atom stereocenters. The Kier molecular flexibility index (Phi) is 6.03. The zero-order valence-electron chi connectivity index (χ0n) is 15.0. The number of thioether (sulfide) groups is 1. The number of rotatable bonds is 7. The molecule has 6 nitrogen and oxygen atoms in total. The van der Waals surface area contributed by atoms with E-state index in [1.165, 1.54) is 5.56 Å². The minimum Gasteiger partial charge on any atom is -0.493 e. The van der Waals surface area contributed by atoms with Crippen molar-refractivity contribution in [2.75, 3.05) is 20.3 Å². The fourth-order valence-electron chi connectivity index (χ4n) is 2.41. The normalized spacial score (nSPS) is 15.0. The van der Waals surface area contributed by atoms with Gasteiger partial charge in [-0.1, -0.05) is 23.8 Å². The summed E-state index contributed by atoms with van der Waals surface area (Å²) < 4.78 is 16.7. The third kappa shape index (κ3) is 5.04. The zero-order valence-corrected chi connectivity index (χ0v) is 15.8. The lowest BCUT2D eigenvalue weighted by Crippen LogP contribution is -2.17. The second-order valence-corrected chi connectivity index (χ2v) is 6.79. The van der Waals surface area contributed by atoms with Gasteiger partial charge in [-0.3, -0.25) is 14.9 Å². The predicted molar refractivity (Wildman–Crippen MR) is 104 cm³/mol. The number of methoxy groups -OCH3 is 1. The summed E-state index contributed by atoms with van der Waals surface area (Å²) in [5.74, 6) is 1.51. The van der Waals surface area contributed by atoms with Crippen LogP contribution in [0.25, 0.3) is 6.08 Å². The number of carbonyl (C=O) groups is 2. The number of aryl methyl sites for hydroxylation is 1. The maximum Gasteiger partial charge on any atom is 0.290 e. The molecule has 1 aliphatic rings. The summed E-state index contributed by atoms with van der Waals surface area (Å²) in [6.07, 6.45) is 1.64. The first-order valence-corrected chi connectivity index (χ1v) is 9.12. The molecule has 140 valence electrons. The summed E-state index contributed by atoms with van der Waals surface area (Å²) in [5, 5.41) is 1.86. The van der Waals surface area contributed by atoms with Crippen molar-refractivity contribution in [2.24, 2.45) is 0 Å². The van der Waals surface area contributed by atoms with Gasteiger partial charge in [-0.2, -0.15) is 0 Å². The molecule has 1 heterocycles. The summed E-state index contributed by atoms with van der Waals surface area (Å²) in [6.45, 7) is 2.78. The van der Waals surface area contributed by atoms with E-state index in [9.17, 15) is 9.59 Å². The maximum atomic E-state index is 11.6. The van der Waals surface area contributed by atoms with Crippen LogP contribution in [0.2, 0.25) is 0 Å². The van der Waals surface area contributed by atoms with Gasteiger partial charge in [-0.05, 0) is 54.6 Å². The summed E-state index contributed by atoms with van der Waals surface area (Å²) in [7, 11) is 1.54. The molecule has 2 aromatic carbocycles. The number of nitrogens with one attached hydrogen (secondary N) is 1. The van der Waals surface area contributed by atoms with Crippen LogP contribution in [0, 0.1) is 6.92 Å². The minimum absolute atomic E-state index is 0.349. The average molecular weight is 385 g/mol. The number of benzene rings is 2. The molecular weight excluding hydrogens is 366 g/mol. The molecule has 1 fully saturated rings. The number of carbonyl (C=O) groups excluding carboxylic acids is 2. The summed E-state index contributed by atoms with van der Waals surface area (Å²) in [6, 6.07) is 13.1. The largest absolute Gasteiger partial charge is 0.493 e. The predicted octanol–water partition coefficient (Wildman–Crippen LogP) is 3.79. The Bertz CT molecular complexity index is 876. The van der Waals surface area contributed by atoms with Crippen LogP contribution in [0.4, 0.5) is 4.79 Å². The molecule has 0 aliphatic carbocycles. The highest BCUT2D eigenvalue weighted by Crippen LogP contribution is 2.31. The van der Waals surface area contributed by atoms with Gasteiger partial charge in [0.2, 0.25) is 0 Å². The van der Waals surface area contributed by atoms with Crippen molar-refractivity contribution >= 4 is 29.0 Å². The topological polar surface area (TPSA) is 73.9 Å². The van der Waals surface area contributed by atoms with Gasteiger partial charge >= 0.3 is 0 Å². The van der Waals surface area contributed by atoms with Crippen LogP contribution in [0.15, 0.2) is 47.4 Å². The first kappa shape index (κ1) is 18.8. The number of amides is 2. The lowest BCUT2D eigenvalue weighted by Gasteiger charge is -2.12. The Hall–Kier alpha value is -2.93. The molecule has 2 aromatic rings. The molecule has 0 radical (unpaired) electrons. The second kappa shape index (κ2) is 8.64. The quantitative estimate of drug-likeness (QED) is 0.577. The van der Waals surface area contributed by atoms with E-state index in [1.54, 1.807) is 31.4 Å². The number of imide groups is 1. The van der Waals surface area contributed by atoms with E-state index in [-0.39, 0.29) is 5.24 Å². The monoisotopic (exact) mass is 385 g/mol. The minimum atomic E-state index is -0.391. The van der Waals surface area contributed by atoms with Crippen molar-refractivity contribution in [1.82, 2.24) is 5.32 Å². The molecule has 0 atom stereocenters. The summed E-state index contributed by atoms with van der Waals surface area (Å²) in [4.78, 5) is 23.2. The Labute approximate surface area is 161 Å². The smallest absolute Gasteiger partial charge is 0.290 e. The van der Waals surface area contributed by atoms with Crippen LogP contribution in [-0.2, 0) is 4.79 Å². The SMILES string of the molecule is COc1cc(/C=C2\SC(=O)NC2=O)ccc1OCCOc1ccc(C)cc1. The van der Waals surface area contributed by atoms with Gasteiger partial charge in [0.05, 0.1) is 12.0 Å². The van der Waals surface area contributed by atoms with Gasteiger partial charge in [0.1, 0.15) is 19.0 Å². The van der Waals surface area contributed by atoms with Crippen LogP contribution in [-0.4, -0.2) is 31.5 Å². The highest BCUT2D eigenvalue weighted by atomic mass is 32.2. The van der Waals surface area contributed by atoms with Crippen LogP contribution in [0.1, 0.15) is 11.1 Å². The zero-order chi connectivity index (χ0) is 19.2. The van der Waals surface area contributed by atoms with Crippen molar-refractivity contribution in [3.8, 4) is 17.2 Å². The van der Waals surface area contributed by atoms with E-state index in [1.807, 2.05) is 31.2 Å². The Morgan fingerprint density at radius 2 is 1.74 bits per heavy atom. The molecule has 2 amide bonds. The molecule has 3 rings (SSSR count). The molecule has 0 spiro atoms. The lowest BCUT2D eigenvalue weighted by atomic mass is 10.2. The van der Waals surface area contributed by atoms with E-state index in [0.29, 0.717) is 29.6 Å². The molecule has 27 heavy (non-hydrogen) atoms. The number of ether oxygens (including phenoxy) is 3. The molecule has 0 saturated carbocycles. The third-order valence-electron chi connectivity index (χ3n) is 3.76. The molecule has 1 saturated heterocycles. The van der Waals surface area contributed by atoms with Gasteiger partial charge in [-0.15, -0.1) is 0 Å². The number of hydrogen-bond donors (Lipinski definition) is 1. The summed E-state index contributed by atoms with van der Waals surface area (Å²) >= 11 is 0.875. The van der Waals surface area contributed by atoms with Crippen LogP contribution in [0.3, 0.4) is 0 Å². The van der Waals surface area contributed by atoms with E-state index in [4.69, 9.17) is 14.2 Å². The van der Waals surface area contributed by atoms with Crippen molar-refractivity contribution < 1.29 is 23.8 Å². The lowest BCUT2D eigenvalue weighted by molar-refractivity contribution is -0.115. The average Bonchev–Trinajstić information content (AvgIpc) is 2.98. The van der Waals surface area contributed by atoms with Gasteiger partial charge < -0.3 is 14.2 Å². The fraction of sp³-hybridized carbons (Fsp3) is 0.200. The fourth-order valence-corrected chi connectivity index (χ4v) is 3.09. The van der Waals surface area contributed by atoms with Gasteiger partial charge in [0.15, 0.2) is 11.5 Å². The van der Waals surface area contributed by atoms with Gasteiger partial charge in [0, 0.05) is 0 Å². The molecule has 1 N–H and O–H groups in total. The van der Waals surface area contributed by atoms with Crippen LogP contribution >= 0.6 is 11.8 Å². The van der Waals surface area contributed by atoms with Gasteiger partial charge in [0.25, 0.3) is 11.1 Å². The van der Waals surface area contributed by atoms with Crippen molar-refractivity contribution in [3.63, 3.8) is 0 Å². The van der Waals surface area contributed by atoms with Gasteiger partial charge in [-0.25, -0.2) is 0 Å². The van der Waals surface area contributed by atoms with E-state index in [2.05, 4.69) is 5.32 Å². The maximum absolute atomic E-state index is 11.6. The van der Waals surface area contributed by atoms with Crippen molar-refractivity contribution in [2.45, 2.75) is 6.92 Å². The highest BCUT2D eigenvalue weighted by molar-refractivity contribution is 8.18. The summed E-state index contributed by atoms with van der Waals surface area (Å²) in [5.41, 5.74) is 1.92. The Balaban J connectivity index is 1.59. The Morgan fingerprint density at radius 3 is 2.41 bits per heavy atom. The number of hydrogen-bond acceptors (Lipinski definition) is 6. The standard InChI is InChI=1S/C20H19NO5S/c1-13-3-6-15(7-4-13)25-9-10-26-16-8-5-14(11-17(16)24-2)12-18-19(22)21-20(23)27-18/h3-8,11-12H,9-10H2,1-2H3,(H,21,22,23)/b18-12-. The molecule has 1 aliphatic heterocycles. The van der Waals surface area contributed by atoms with E-state index >= 15 is 0 Å².